The molecular formula is C7H12N2O. The number of hydrogen-bond donors (Lipinski definition) is 0. The third-order valence-corrected chi connectivity index (χ3v) is 1.40. The van der Waals surface area contributed by atoms with Crippen LogP contribution in [0.4, 0.5) is 0 Å². The summed E-state index contributed by atoms with van der Waals surface area (Å²) in [4.78, 5) is 10.6. The lowest BCUT2D eigenvalue weighted by Crippen LogP contribution is -2.27. The van der Waals surface area contributed by atoms with Crippen molar-refractivity contribution < 1.29 is 4.79 Å². The first-order valence-corrected chi connectivity index (χ1v) is 3.56. The largest absolute Gasteiger partial charge is 0.298 e. The first-order chi connectivity index (χ1) is 4.79. The number of ketones is 1. The number of carbonyl (C=O) groups excluding carboxylic acids is 1. The predicted molar refractivity (Wildman–Crippen MR) is 40.0 cm³/mol. The van der Waals surface area contributed by atoms with E-state index in [0.717, 1.165) is 19.4 Å². The zero-order valence-corrected chi connectivity index (χ0v) is 6.21. The Kier molecular flexibility index (Phi) is 2.42. The number of hydrogen-bond acceptors (Lipinski definition) is 3. The molecule has 1 aliphatic rings. The van der Waals surface area contributed by atoms with Crippen LogP contribution in [0.1, 0.15) is 19.8 Å². The highest BCUT2D eigenvalue weighted by Gasteiger charge is 2.05. The van der Waals surface area contributed by atoms with E-state index in [-0.39, 0.29) is 5.78 Å². The molecule has 1 heterocycles. The van der Waals surface area contributed by atoms with Gasteiger partial charge in [-0.05, 0) is 19.8 Å². The van der Waals surface area contributed by atoms with E-state index in [1.165, 1.54) is 0 Å². The van der Waals surface area contributed by atoms with Gasteiger partial charge in [0.1, 0.15) is 0 Å². The summed E-state index contributed by atoms with van der Waals surface area (Å²) in [5, 5.41) is 5.87. The zero-order chi connectivity index (χ0) is 7.40. The molecular weight excluding hydrogens is 128 g/mol. The molecule has 0 saturated carbocycles. The van der Waals surface area contributed by atoms with Crippen molar-refractivity contribution >= 4 is 12.0 Å². The molecule has 0 radical (unpaired) electrons. The van der Waals surface area contributed by atoms with Crippen LogP contribution in [-0.4, -0.2) is 30.1 Å². The van der Waals surface area contributed by atoms with Gasteiger partial charge in [0, 0.05) is 12.8 Å². The Morgan fingerprint density at radius 2 is 2.60 bits per heavy atom. The van der Waals surface area contributed by atoms with E-state index >= 15 is 0 Å². The Morgan fingerprint density at radius 3 is 3.10 bits per heavy atom. The van der Waals surface area contributed by atoms with Crippen molar-refractivity contribution in [2.45, 2.75) is 19.8 Å². The monoisotopic (exact) mass is 140 g/mol. The second kappa shape index (κ2) is 3.34. The van der Waals surface area contributed by atoms with E-state index in [1.807, 2.05) is 11.2 Å². The topological polar surface area (TPSA) is 32.7 Å². The molecule has 1 aliphatic heterocycles. The smallest absolute Gasteiger partial charge is 0.150 e. The van der Waals surface area contributed by atoms with Gasteiger partial charge in [-0.1, -0.05) is 0 Å². The second-order valence-corrected chi connectivity index (χ2v) is 2.53. The van der Waals surface area contributed by atoms with Crippen LogP contribution in [-0.2, 0) is 4.79 Å². The SMILES string of the molecule is CC(=O)CN1CCCC=N1. The summed E-state index contributed by atoms with van der Waals surface area (Å²) in [5.41, 5.74) is 0. The van der Waals surface area contributed by atoms with E-state index in [4.69, 9.17) is 0 Å². The minimum Gasteiger partial charge on any atom is -0.298 e. The van der Waals surface area contributed by atoms with E-state index < -0.39 is 0 Å². The van der Waals surface area contributed by atoms with E-state index in [0.29, 0.717) is 6.54 Å². The normalized spacial score (nSPS) is 17.5. The van der Waals surface area contributed by atoms with Crippen LogP contribution in [0.25, 0.3) is 0 Å². The Hall–Kier alpha value is -0.860. The number of carbonyl (C=O) groups is 1. The van der Waals surface area contributed by atoms with Crippen molar-refractivity contribution in [1.82, 2.24) is 5.01 Å². The van der Waals surface area contributed by atoms with Crippen molar-refractivity contribution in [3.05, 3.63) is 0 Å². The summed E-state index contributed by atoms with van der Waals surface area (Å²) < 4.78 is 0. The maximum absolute atomic E-state index is 10.6. The Labute approximate surface area is 60.7 Å². The highest BCUT2D eigenvalue weighted by molar-refractivity contribution is 5.77. The van der Waals surface area contributed by atoms with Crippen molar-refractivity contribution in [3.63, 3.8) is 0 Å². The third-order valence-electron chi connectivity index (χ3n) is 1.40. The van der Waals surface area contributed by atoms with Crippen molar-refractivity contribution in [2.75, 3.05) is 13.1 Å². The van der Waals surface area contributed by atoms with Gasteiger partial charge >= 0.3 is 0 Å². The summed E-state index contributed by atoms with van der Waals surface area (Å²) >= 11 is 0. The molecule has 0 aliphatic carbocycles. The summed E-state index contributed by atoms with van der Waals surface area (Å²) in [6.07, 6.45) is 4.04. The fraction of sp³-hybridized carbons (Fsp3) is 0.714. The summed E-state index contributed by atoms with van der Waals surface area (Å²) in [6.45, 7) is 2.98. The Balaban J connectivity index is 2.33. The van der Waals surface area contributed by atoms with Gasteiger partial charge < -0.3 is 0 Å². The second-order valence-electron chi connectivity index (χ2n) is 2.53. The van der Waals surface area contributed by atoms with Gasteiger partial charge in [-0.15, -0.1) is 0 Å². The average Bonchev–Trinajstić information content (AvgIpc) is 1.88. The Bertz CT molecular complexity index is 154. The Morgan fingerprint density at radius 1 is 1.80 bits per heavy atom. The molecule has 0 amide bonds. The summed E-state index contributed by atoms with van der Waals surface area (Å²) in [6, 6.07) is 0. The van der Waals surface area contributed by atoms with E-state index in [1.54, 1.807) is 6.92 Å². The van der Waals surface area contributed by atoms with Crippen molar-refractivity contribution in [2.24, 2.45) is 5.10 Å². The lowest BCUT2D eigenvalue weighted by atomic mass is 10.3. The molecule has 0 aromatic heterocycles. The molecule has 0 spiro atoms. The highest BCUT2D eigenvalue weighted by atomic mass is 16.1. The van der Waals surface area contributed by atoms with Gasteiger partial charge in [-0.3, -0.25) is 9.80 Å². The number of nitrogens with zero attached hydrogens (tertiary/aromatic N) is 2. The molecule has 0 atom stereocenters. The zero-order valence-electron chi connectivity index (χ0n) is 6.21. The molecule has 0 N–H and O–H groups in total. The molecule has 0 aromatic rings. The van der Waals surface area contributed by atoms with E-state index in [9.17, 15) is 4.79 Å². The van der Waals surface area contributed by atoms with Gasteiger partial charge in [0.05, 0.1) is 6.54 Å². The van der Waals surface area contributed by atoms with E-state index in [2.05, 4.69) is 5.10 Å². The van der Waals surface area contributed by atoms with Gasteiger partial charge in [-0.25, -0.2) is 0 Å². The molecule has 0 fully saturated rings. The van der Waals surface area contributed by atoms with Crippen LogP contribution in [0.5, 0.6) is 0 Å². The third kappa shape index (κ3) is 2.17. The standard InChI is InChI=1S/C7H12N2O/c1-7(10)6-9-5-3-2-4-8-9/h4H,2-3,5-6H2,1H3. The van der Waals surface area contributed by atoms with Gasteiger partial charge in [0.2, 0.25) is 0 Å². The first kappa shape index (κ1) is 7.25. The van der Waals surface area contributed by atoms with Gasteiger partial charge in [0.25, 0.3) is 0 Å². The molecule has 10 heavy (non-hydrogen) atoms. The summed E-state index contributed by atoms with van der Waals surface area (Å²) in [5.74, 6) is 0.180. The predicted octanol–water partition coefficient (Wildman–Crippen LogP) is 0.657. The average molecular weight is 140 g/mol. The molecule has 0 unspecified atom stereocenters. The number of hydrazone groups is 1. The maximum atomic E-state index is 10.6. The van der Waals surface area contributed by atoms with Crippen LogP contribution in [0.2, 0.25) is 0 Å². The van der Waals surface area contributed by atoms with Crippen LogP contribution >= 0.6 is 0 Å². The van der Waals surface area contributed by atoms with Gasteiger partial charge in [-0.2, -0.15) is 5.10 Å². The minimum absolute atomic E-state index is 0.180. The molecule has 3 nitrogen and oxygen atoms in total. The summed E-state index contributed by atoms with van der Waals surface area (Å²) in [7, 11) is 0. The molecule has 1 rings (SSSR count). The minimum atomic E-state index is 0.180. The molecule has 0 saturated heterocycles. The quantitative estimate of drug-likeness (QED) is 0.564. The molecule has 56 valence electrons. The van der Waals surface area contributed by atoms with Crippen molar-refractivity contribution in [3.8, 4) is 0 Å². The fourth-order valence-corrected chi connectivity index (χ4v) is 0.973. The number of Topliss-reactive ketones (excluding diaryl/α,β-unsaturated/α-hetero) is 1. The number of rotatable bonds is 2. The van der Waals surface area contributed by atoms with Crippen LogP contribution < -0.4 is 0 Å². The van der Waals surface area contributed by atoms with Gasteiger partial charge in [0.15, 0.2) is 5.78 Å². The van der Waals surface area contributed by atoms with Crippen LogP contribution in [0.3, 0.4) is 0 Å². The first-order valence-electron chi connectivity index (χ1n) is 3.56. The lowest BCUT2D eigenvalue weighted by Gasteiger charge is -2.19. The maximum Gasteiger partial charge on any atom is 0.150 e. The highest BCUT2D eigenvalue weighted by Crippen LogP contribution is 2.00. The molecule has 3 heteroatoms. The van der Waals surface area contributed by atoms with Crippen LogP contribution in [0, 0.1) is 0 Å². The lowest BCUT2D eigenvalue weighted by molar-refractivity contribution is -0.118. The molecule has 0 aromatic carbocycles. The van der Waals surface area contributed by atoms with Crippen molar-refractivity contribution in [1.29, 1.82) is 0 Å². The molecule has 0 bridgehead atoms. The fourth-order valence-electron chi connectivity index (χ4n) is 0.973. The van der Waals surface area contributed by atoms with Crippen LogP contribution in [0.15, 0.2) is 5.10 Å².